The van der Waals surface area contributed by atoms with E-state index in [1.165, 1.54) is 0 Å². The summed E-state index contributed by atoms with van der Waals surface area (Å²) in [6, 6.07) is 0. The minimum atomic E-state index is -0.871. The highest BCUT2D eigenvalue weighted by atomic mass is 35.5. The molecular weight excluding hydrogens is 294 g/mol. The van der Waals surface area contributed by atoms with Gasteiger partial charge in [-0.2, -0.15) is 0 Å². The van der Waals surface area contributed by atoms with E-state index in [4.69, 9.17) is 10.5 Å². The van der Waals surface area contributed by atoms with E-state index in [0.29, 0.717) is 39.4 Å². The summed E-state index contributed by atoms with van der Waals surface area (Å²) >= 11 is 0. The number of ether oxygens (including phenoxy) is 1. The van der Waals surface area contributed by atoms with Crippen molar-refractivity contribution in [3.8, 4) is 0 Å². The SMILES string of the molecule is CC(C)(N)C(=O)N1CCCC(C(=O)N2CCOCC2)C1.Cl. The normalized spacial score (nSPS) is 23.5. The average Bonchev–Trinajstić information content (AvgIpc) is 2.46. The molecule has 0 bridgehead atoms. The molecule has 2 amide bonds. The Morgan fingerprint density at radius 3 is 2.33 bits per heavy atom. The quantitative estimate of drug-likeness (QED) is 0.791. The van der Waals surface area contributed by atoms with Crippen LogP contribution in [-0.4, -0.2) is 66.5 Å². The number of nitrogens with two attached hydrogens (primary N) is 1. The Labute approximate surface area is 132 Å². The average molecular weight is 320 g/mol. The maximum atomic E-state index is 12.5. The second-order valence-electron chi connectivity index (χ2n) is 6.25. The number of nitrogens with zero attached hydrogens (tertiary/aromatic N) is 2. The van der Waals surface area contributed by atoms with Crippen LogP contribution in [0.5, 0.6) is 0 Å². The van der Waals surface area contributed by atoms with Crippen LogP contribution in [0.25, 0.3) is 0 Å². The van der Waals surface area contributed by atoms with Crippen molar-refractivity contribution in [1.29, 1.82) is 0 Å². The molecule has 2 rings (SSSR count). The smallest absolute Gasteiger partial charge is 0.242 e. The number of carbonyl (C=O) groups is 2. The Bertz CT molecular complexity index is 378. The molecule has 0 spiro atoms. The van der Waals surface area contributed by atoms with Gasteiger partial charge in [0.05, 0.1) is 24.7 Å². The van der Waals surface area contributed by atoms with Crippen molar-refractivity contribution in [2.75, 3.05) is 39.4 Å². The molecule has 2 saturated heterocycles. The molecule has 2 N–H and O–H groups in total. The van der Waals surface area contributed by atoms with Crippen LogP contribution in [0.15, 0.2) is 0 Å². The van der Waals surface area contributed by atoms with E-state index in [1.807, 2.05) is 4.90 Å². The van der Waals surface area contributed by atoms with Gasteiger partial charge in [-0.05, 0) is 26.7 Å². The number of carbonyl (C=O) groups excluding carboxylic acids is 2. The second-order valence-corrected chi connectivity index (χ2v) is 6.25. The van der Waals surface area contributed by atoms with Crippen molar-refractivity contribution in [1.82, 2.24) is 9.80 Å². The van der Waals surface area contributed by atoms with Gasteiger partial charge in [-0.15, -0.1) is 12.4 Å². The molecule has 0 saturated carbocycles. The number of halogens is 1. The Morgan fingerprint density at radius 2 is 1.76 bits per heavy atom. The van der Waals surface area contributed by atoms with Gasteiger partial charge in [0, 0.05) is 26.2 Å². The predicted octanol–water partition coefficient (Wildman–Crippen LogP) is 0.243. The fourth-order valence-corrected chi connectivity index (χ4v) is 2.81. The fourth-order valence-electron chi connectivity index (χ4n) is 2.81. The van der Waals surface area contributed by atoms with Gasteiger partial charge in [0.15, 0.2) is 0 Å². The van der Waals surface area contributed by atoms with E-state index in [2.05, 4.69) is 0 Å². The maximum Gasteiger partial charge on any atom is 0.242 e. The Morgan fingerprint density at radius 1 is 1.14 bits per heavy atom. The van der Waals surface area contributed by atoms with E-state index in [0.717, 1.165) is 12.8 Å². The summed E-state index contributed by atoms with van der Waals surface area (Å²) in [6.07, 6.45) is 1.72. The Hall–Kier alpha value is -0.850. The van der Waals surface area contributed by atoms with Crippen LogP contribution in [0.2, 0.25) is 0 Å². The summed E-state index contributed by atoms with van der Waals surface area (Å²) in [6.45, 7) is 7.15. The van der Waals surface area contributed by atoms with E-state index in [9.17, 15) is 9.59 Å². The van der Waals surface area contributed by atoms with Gasteiger partial charge in [-0.1, -0.05) is 0 Å². The molecule has 6 nitrogen and oxygen atoms in total. The summed E-state index contributed by atoms with van der Waals surface area (Å²) in [4.78, 5) is 28.3. The van der Waals surface area contributed by atoms with Gasteiger partial charge >= 0.3 is 0 Å². The number of morpholine rings is 1. The zero-order chi connectivity index (χ0) is 14.8. The van der Waals surface area contributed by atoms with E-state index in [-0.39, 0.29) is 30.1 Å². The number of rotatable bonds is 2. The van der Waals surface area contributed by atoms with Gasteiger partial charge < -0.3 is 20.3 Å². The van der Waals surface area contributed by atoms with Gasteiger partial charge in [0.2, 0.25) is 11.8 Å². The van der Waals surface area contributed by atoms with E-state index >= 15 is 0 Å². The first-order valence-electron chi connectivity index (χ1n) is 7.34. The molecule has 0 aliphatic carbocycles. The van der Waals surface area contributed by atoms with Crippen molar-refractivity contribution >= 4 is 24.2 Å². The number of hydrogen-bond acceptors (Lipinski definition) is 4. The van der Waals surface area contributed by atoms with Crippen molar-refractivity contribution in [3.05, 3.63) is 0 Å². The first-order valence-corrected chi connectivity index (χ1v) is 7.34. The van der Waals surface area contributed by atoms with Gasteiger partial charge in [0.1, 0.15) is 0 Å². The van der Waals surface area contributed by atoms with Gasteiger partial charge in [-0.25, -0.2) is 0 Å². The maximum absolute atomic E-state index is 12.5. The summed E-state index contributed by atoms with van der Waals surface area (Å²) < 4.78 is 5.27. The molecule has 2 heterocycles. The molecule has 0 aromatic rings. The molecule has 2 aliphatic rings. The highest BCUT2D eigenvalue weighted by Crippen LogP contribution is 2.21. The van der Waals surface area contributed by atoms with Crippen molar-refractivity contribution < 1.29 is 14.3 Å². The zero-order valence-electron chi connectivity index (χ0n) is 12.8. The number of hydrogen-bond donors (Lipinski definition) is 1. The summed E-state index contributed by atoms with van der Waals surface area (Å²) in [5.74, 6) is -0.00856. The molecule has 0 aromatic carbocycles. The third-order valence-corrected chi connectivity index (χ3v) is 3.93. The van der Waals surface area contributed by atoms with E-state index in [1.54, 1.807) is 18.7 Å². The Balaban J connectivity index is 0.00000220. The summed E-state index contributed by atoms with van der Waals surface area (Å²) in [7, 11) is 0. The third-order valence-electron chi connectivity index (χ3n) is 3.93. The van der Waals surface area contributed by atoms with Crippen molar-refractivity contribution in [2.45, 2.75) is 32.2 Å². The first kappa shape index (κ1) is 18.2. The molecule has 1 unspecified atom stereocenters. The lowest BCUT2D eigenvalue weighted by Crippen LogP contribution is -2.55. The minimum absolute atomic E-state index is 0. The van der Waals surface area contributed by atoms with Crippen molar-refractivity contribution in [2.24, 2.45) is 11.7 Å². The van der Waals surface area contributed by atoms with Crippen LogP contribution >= 0.6 is 12.4 Å². The van der Waals surface area contributed by atoms with Gasteiger partial charge in [0.25, 0.3) is 0 Å². The van der Waals surface area contributed by atoms with Crippen LogP contribution in [0.1, 0.15) is 26.7 Å². The second kappa shape index (κ2) is 7.42. The predicted molar refractivity (Wildman–Crippen MR) is 82.2 cm³/mol. The molecular formula is C14H26ClN3O3. The van der Waals surface area contributed by atoms with E-state index < -0.39 is 5.54 Å². The molecule has 21 heavy (non-hydrogen) atoms. The topological polar surface area (TPSA) is 75.9 Å². The van der Waals surface area contributed by atoms with Crippen LogP contribution < -0.4 is 5.73 Å². The van der Waals surface area contributed by atoms with Crippen LogP contribution in [0.3, 0.4) is 0 Å². The molecule has 0 aromatic heterocycles. The number of likely N-dealkylation sites (tertiary alicyclic amines) is 1. The highest BCUT2D eigenvalue weighted by Gasteiger charge is 2.35. The lowest BCUT2D eigenvalue weighted by atomic mass is 9.94. The Kier molecular flexibility index (Phi) is 6.43. The minimum Gasteiger partial charge on any atom is -0.378 e. The molecule has 2 aliphatic heterocycles. The zero-order valence-corrected chi connectivity index (χ0v) is 13.7. The van der Waals surface area contributed by atoms with Crippen LogP contribution in [0, 0.1) is 5.92 Å². The van der Waals surface area contributed by atoms with Crippen molar-refractivity contribution in [3.63, 3.8) is 0 Å². The third kappa shape index (κ3) is 4.56. The number of amides is 2. The molecule has 0 radical (unpaired) electrons. The fraction of sp³-hybridized carbons (Fsp3) is 0.857. The lowest BCUT2D eigenvalue weighted by molar-refractivity contribution is -0.145. The summed E-state index contributed by atoms with van der Waals surface area (Å²) in [5.41, 5.74) is 5.00. The lowest BCUT2D eigenvalue weighted by Gasteiger charge is -2.38. The molecule has 2 fully saturated rings. The first-order chi connectivity index (χ1) is 9.39. The van der Waals surface area contributed by atoms with Crippen LogP contribution in [-0.2, 0) is 14.3 Å². The molecule has 122 valence electrons. The highest BCUT2D eigenvalue weighted by molar-refractivity contribution is 5.86. The monoisotopic (exact) mass is 319 g/mol. The largest absolute Gasteiger partial charge is 0.378 e. The van der Waals surface area contributed by atoms with Gasteiger partial charge in [-0.3, -0.25) is 9.59 Å². The van der Waals surface area contributed by atoms with Crippen LogP contribution in [0.4, 0.5) is 0 Å². The standard InChI is InChI=1S/C14H25N3O3.ClH/c1-14(2,15)13(19)17-5-3-4-11(10-17)12(18)16-6-8-20-9-7-16;/h11H,3-10,15H2,1-2H3;1H. The molecule has 1 atom stereocenters. The number of piperidine rings is 1. The summed E-state index contributed by atoms with van der Waals surface area (Å²) in [5, 5.41) is 0. The molecule has 7 heteroatoms.